The van der Waals surface area contributed by atoms with Crippen LogP contribution in [0.1, 0.15) is 37.8 Å². The van der Waals surface area contributed by atoms with Gasteiger partial charge in [-0.1, -0.05) is 25.4 Å². The first-order valence-electron chi connectivity index (χ1n) is 10.8. The predicted octanol–water partition coefficient (Wildman–Crippen LogP) is 5.60. The third-order valence-electron chi connectivity index (χ3n) is 4.67. The van der Waals surface area contributed by atoms with Crippen LogP contribution >= 0.6 is 11.6 Å². The molecular formula is C24H28ClN3O5. The highest BCUT2D eigenvalue weighted by Gasteiger charge is 2.18. The minimum absolute atomic E-state index is 0.190. The van der Waals surface area contributed by atoms with E-state index in [4.69, 9.17) is 30.4 Å². The molecule has 1 N–H and O–H groups in total. The van der Waals surface area contributed by atoms with E-state index in [-0.39, 0.29) is 12.4 Å². The Hall–Kier alpha value is -3.26. The van der Waals surface area contributed by atoms with Gasteiger partial charge in [0.1, 0.15) is 5.75 Å². The number of carbonyl (C=O) groups excluding carboxylic acids is 1. The smallest absolute Gasteiger partial charge is 0.263 e. The van der Waals surface area contributed by atoms with Gasteiger partial charge in [0, 0.05) is 10.6 Å². The molecule has 1 heterocycles. The fourth-order valence-electron chi connectivity index (χ4n) is 3.08. The highest BCUT2D eigenvalue weighted by Crippen LogP contribution is 2.34. The molecule has 0 radical (unpaired) electrons. The quantitative estimate of drug-likeness (QED) is 0.387. The third-order valence-corrected chi connectivity index (χ3v) is 5.26. The first-order chi connectivity index (χ1) is 15.9. The van der Waals surface area contributed by atoms with Gasteiger partial charge in [0.25, 0.3) is 5.91 Å². The normalized spacial score (nSPS) is 10.7. The summed E-state index contributed by atoms with van der Waals surface area (Å²) in [6, 6.07) is 8.99. The van der Waals surface area contributed by atoms with Crippen LogP contribution in [0.4, 0.5) is 5.82 Å². The van der Waals surface area contributed by atoms with Crippen molar-refractivity contribution in [2.75, 3.05) is 25.1 Å². The summed E-state index contributed by atoms with van der Waals surface area (Å²) in [5.41, 5.74) is 2.81. The lowest BCUT2D eigenvalue weighted by Crippen LogP contribution is -2.20. The summed E-state index contributed by atoms with van der Waals surface area (Å²) in [5.74, 6) is 1.60. The lowest BCUT2D eigenvalue weighted by molar-refractivity contribution is -0.118. The van der Waals surface area contributed by atoms with Crippen molar-refractivity contribution in [1.29, 1.82) is 0 Å². The number of nitrogens with zero attached hydrogens (tertiary/aromatic N) is 2. The van der Waals surface area contributed by atoms with Crippen molar-refractivity contribution in [2.24, 2.45) is 0 Å². The van der Waals surface area contributed by atoms with Crippen molar-refractivity contribution in [2.45, 2.75) is 40.5 Å². The summed E-state index contributed by atoms with van der Waals surface area (Å²) in [7, 11) is 0. The van der Waals surface area contributed by atoms with Crippen LogP contribution in [0.5, 0.6) is 17.2 Å². The lowest BCUT2D eigenvalue weighted by Gasteiger charge is -2.13. The van der Waals surface area contributed by atoms with Gasteiger partial charge < -0.3 is 19.5 Å². The molecular weight excluding hydrogens is 446 g/mol. The van der Waals surface area contributed by atoms with Crippen LogP contribution in [0.25, 0.3) is 11.3 Å². The molecule has 0 spiro atoms. The number of hydrogen-bond acceptors (Lipinski definition) is 7. The Morgan fingerprint density at radius 3 is 2.30 bits per heavy atom. The molecule has 0 aliphatic heterocycles. The number of aromatic nitrogens is 2. The molecule has 1 aromatic heterocycles. The van der Waals surface area contributed by atoms with E-state index in [1.54, 1.807) is 18.2 Å². The van der Waals surface area contributed by atoms with Crippen molar-refractivity contribution in [3.63, 3.8) is 0 Å². The number of benzene rings is 2. The Balaban J connectivity index is 1.71. The molecule has 3 rings (SSSR count). The molecule has 0 atom stereocenters. The second-order valence-electron chi connectivity index (χ2n) is 7.53. The molecule has 33 heavy (non-hydrogen) atoms. The minimum atomic E-state index is -0.400. The second kappa shape index (κ2) is 11.6. The number of carbonyl (C=O) groups is 1. The van der Waals surface area contributed by atoms with Gasteiger partial charge in [-0.3, -0.25) is 4.79 Å². The molecule has 8 nitrogen and oxygen atoms in total. The van der Waals surface area contributed by atoms with Crippen molar-refractivity contribution in [3.05, 3.63) is 46.5 Å². The number of ether oxygens (including phenoxy) is 3. The zero-order chi connectivity index (χ0) is 23.8. The van der Waals surface area contributed by atoms with Crippen molar-refractivity contribution in [3.8, 4) is 28.5 Å². The maximum atomic E-state index is 12.5. The number of hydrogen-bond donors (Lipinski definition) is 1. The Labute approximate surface area is 198 Å². The molecule has 0 fully saturated rings. The van der Waals surface area contributed by atoms with Crippen LogP contribution < -0.4 is 19.5 Å². The van der Waals surface area contributed by atoms with Gasteiger partial charge in [-0.05, 0) is 78.5 Å². The Kier molecular flexibility index (Phi) is 8.54. The number of amides is 1. The van der Waals surface area contributed by atoms with Crippen molar-refractivity contribution >= 4 is 23.3 Å². The molecule has 3 aromatic rings. The molecule has 0 bridgehead atoms. The van der Waals surface area contributed by atoms with Crippen LogP contribution in [0, 0.1) is 13.8 Å². The summed E-state index contributed by atoms with van der Waals surface area (Å²) < 4.78 is 22.1. The number of anilines is 1. The SMILES string of the molecule is CCCOc1ccc(-c2nonc2NC(=O)COc2cc(C)c(Cl)c(C)c2)cc1OCCC. The average Bonchev–Trinajstić information content (AvgIpc) is 3.26. The van der Waals surface area contributed by atoms with Crippen molar-refractivity contribution in [1.82, 2.24) is 10.3 Å². The number of aryl methyl sites for hydroxylation is 2. The summed E-state index contributed by atoms with van der Waals surface area (Å²) in [4.78, 5) is 12.5. The summed E-state index contributed by atoms with van der Waals surface area (Å²) >= 11 is 6.18. The molecule has 0 unspecified atom stereocenters. The second-order valence-corrected chi connectivity index (χ2v) is 7.91. The Bertz CT molecular complexity index is 1080. The lowest BCUT2D eigenvalue weighted by atomic mass is 10.1. The molecule has 0 saturated heterocycles. The Morgan fingerprint density at radius 2 is 1.64 bits per heavy atom. The van der Waals surface area contributed by atoms with Gasteiger partial charge in [-0.15, -0.1) is 0 Å². The summed E-state index contributed by atoms with van der Waals surface area (Å²) in [5, 5.41) is 11.1. The first-order valence-corrected chi connectivity index (χ1v) is 11.2. The monoisotopic (exact) mass is 473 g/mol. The highest BCUT2D eigenvalue weighted by molar-refractivity contribution is 6.32. The van der Waals surface area contributed by atoms with E-state index in [1.165, 1.54) is 0 Å². The molecule has 1 amide bonds. The number of halogens is 1. The zero-order valence-corrected chi connectivity index (χ0v) is 20.0. The maximum absolute atomic E-state index is 12.5. The van der Waals surface area contributed by atoms with E-state index in [9.17, 15) is 4.79 Å². The number of rotatable bonds is 11. The Morgan fingerprint density at radius 1 is 0.970 bits per heavy atom. The third kappa shape index (κ3) is 6.38. The molecule has 0 aliphatic rings. The largest absolute Gasteiger partial charge is 0.490 e. The summed E-state index contributed by atoms with van der Waals surface area (Å²) in [6.45, 7) is 8.76. The van der Waals surface area contributed by atoms with Gasteiger partial charge in [-0.25, -0.2) is 4.63 Å². The molecule has 176 valence electrons. The fourth-order valence-corrected chi connectivity index (χ4v) is 3.19. The first kappa shape index (κ1) is 24.4. The zero-order valence-electron chi connectivity index (χ0n) is 19.2. The molecule has 2 aromatic carbocycles. The van der Waals surface area contributed by atoms with E-state index in [0.717, 1.165) is 24.0 Å². The molecule has 9 heteroatoms. The summed E-state index contributed by atoms with van der Waals surface area (Å²) in [6.07, 6.45) is 1.74. The average molecular weight is 474 g/mol. The predicted molar refractivity (Wildman–Crippen MR) is 126 cm³/mol. The molecule has 0 aliphatic carbocycles. The van der Waals surface area contributed by atoms with E-state index in [1.807, 2.05) is 39.8 Å². The van der Waals surface area contributed by atoms with Gasteiger partial charge in [0.2, 0.25) is 5.82 Å². The minimum Gasteiger partial charge on any atom is -0.490 e. The van der Waals surface area contributed by atoms with Crippen LogP contribution in [0.2, 0.25) is 5.02 Å². The standard InChI is InChI=1S/C24H28ClN3O5/c1-5-9-30-19-8-7-17(13-20(19)31-10-6-2)23-24(28-33-27-23)26-21(29)14-32-18-11-15(3)22(25)16(4)12-18/h7-8,11-13H,5-6,9-10,14H2,1-4H3,(H,26,28,29). The van der Waals surface area contributed by atoms with Gasteiger partial charge in [0.15, 0.2) is 23.8 Å². The highest BCUT2D eigenvalue weighted by atomic mass is 35.5. The van der Waals surface area contributed by atoms with Crippen LogP contribution in [-0.4, -0.2) is 36.0 Å². The van der Waals surface area contributed by atoms with Gasteiger partial charge in [0.05, 0.1) is 13.2 Å². The van der Waals surface area contributed by atoms with Crippen LogP contribution in [0.3, 0.4) is 0 Å². The maximum Gasteiger partial charge on any atom is 0.263 e. The van der Waals surface area contributed by atoms with E-state index in [0.29, 0.717) is 46.7 Å². The van der Waals surface area contributed by atoms with Gasteiger partial charge in [-0.2, -0.15) is 0 Å². The fraction of sp³-hybridized carbons (Fsp3) is 0.375. The van der Waals surface area contributed by atoms with Crippen molar-refractivity contribution < 1.29 is 23.6 Å². The van der Waals surface area contributed by atoms with E-state index in [2.05, 4.69) is 15.6 Å². The topological polar surface area (TPSA) is 95.7 Å². The van der Waals surface area contributed by atoms with Crippen LogP contribution in [0.15, 0.2) is 35.0 Å². The molecule has 0 saturated carbocycles. The van der Waals surface area contributed by atoms with Crippen LogP contribution in [-0.2, 0) is 4.79 Å². The number of nitrogens with one attached hydrogen (secondary N) is 1. The van der Waals surface area contributed by atoms with E-state index < -0.39 is 5.91 Å². The van der Waals surface area contributed by atoms with E-state index >= 15 is 0 Å². The van der Waals surface area contributed by atoms with Gasteiger partial charge >= 0.3 is 0 Å².